The Morgan fingerprint density at radius 1 is 1.39 bits per heavy atom. The molecule has 0 aromatic rings. The number of nitrogens with one attached hydrogen (secondary N) is 1. The van der Waals surface area contributed by atoms with Gasteiger partial charge >= 0.3 is 5.97 Å². The average Bonchev–Trinajstić information content (AvgIpc) is 2.91. The van der Waals surface area contributed by atoms with Crippen LogP contribution >= 0.6 is 0 Å². The van der Waals surface area contributed by atoms with E-state index in [0.29, 0.717) is 19.1 Å². The zero-order chi connectivity index (χ0) is 13.3. The van der Waals surface area contributed by atoms with E-state index in [2.05, 4.69) is 5.32 Å². The molecular weight excluding hydrogens is 234 g/mol. The van der Waals surface area contributed by atoms with Crippen molar-refractivity contribution in [1.29, 1.82) is 0 Å². The Labute approximate surface area is 107 Å². The molecule has 0 aromatic carbocycles. The molecule has 1 saturated carbocycles. The predicted octanol–water partition coefficient (Wildman–Crippen LogP) is 0.886. The summed E-state index contributed by atoms with van der Waals surface area (Å²) in [7, 11) is 0. The molecule has 2 fully saturated rings. The largest absolute Gasteiger partial charge is 0.481 e. The van der Waals surface area contributed by atoms with Crippen molar-refractivity contribution in [1.82, 2.24) is 5.32 Å². The first-order chi connectivity index (χ1) is 8.44. The number of rotatable bonds is 4. The number of ether oxygens (including phenoxy) is 1. The minimum absolute atomic E-state index is 0.127. The maximum Gasteiger partial charge on any atom is 0.307 e. The van der Waals surface area contributed by atoms with E-state index in [4.69, 9.17) is 9.84 Å². The van der Waals surface area contributed by atoms with Crippen molar-refractivity contribution in [2.24, 2.45) is 23.2 Å². The van der Waals surface area contributed by atoms with Gasteiger partial charge in [0.1, 0.15) is 0 Å². The molecule has 102 valence electrons. The van der Waals surface area contributed by atoms with Crippen LogP contribution in [0.4, 0.5) is 0 Å². The number of carbonyl (C=O) groups is 2. The minimum Gasteiger partial charge on any atom is -0.481 e. The van der Waals surface area contributed by atoms with Crippen LogP contribution in [0.3, 0.4) is 0 Å². The Morgan fingerprint density at radius 2 is 2.11 bits per heavy atom. The number of carboxylic acids is 1. The molecule has 0 bridgehead atoms. The average molecular weight is 255 g/mol. The monoisotopic (exact) mass is 255 g/mol. The Morgan fingerprint density at radius 3 is 2.61 bits per heavy atom. The Hall–Kier alpha value is -1.10. The fraction of sp³-hybridized carbons (Fsp3) is 0.846. The molecule has 0 spiro atoms. The maximum atomic E-state index is 12.0. The second-order valence-electron chi connectivity index (χ2n) is 5.94. The summed E-state index contributed by atoms with van der Waals surface area (Å²) in [4.78, 5) is 23.0. The zero-order valence-electron chi connectivity index (χ0n) is 10.9. The SMILES string of the molecule is CC1(C)[C@H](C(=O)O)[C@@H]1C(=O)NCC1CCCOC1. The molecule has 5 heteroatoms. The number of hydrogen-bond donors (Lipinski definition) is 2. The lowest BCUT2D eigenvalue weighted by Gasteiger charge is -2.22. The fourth-order valence-electron chi connectivity index (χ4n) is 2.91. The van der Waals surface area contributed by atoms with Crippen molar-refractivity contribution in [2.45, 2.75) is 26.7 Å². The first-order valence-electron chi connectivity index (χ1n) is 6.53. The molecule has 1 heterocycles. The van der Waals surface area contributed by atoms with Crippen LogP contribution in [0.5, 0.6) is 0 Å². The van der Waals surface area contributed by atoms with Crippen molar-refractivity contribution in [2.75, 3.05) is 19.8 Å². The van der Waals surface area contributed by atoms with Crippen LogP contribution in [0, 0.1) is 23.2 Å². The summed E-state index contributed by atoms with van der Waals surface area (Å²) < 4.78 is 5.35. The van der Waals surface area contributed by atoms with Crippen molar-refractivity contribution in [3.63, 3.8) is 0 Å². The van der Waals surface area contributed by atoms with Crippen LogP contribution in [-0.4, -0.2) is 36.7 Å². The number of carboxylic acid groups (broad SMARTS) is 1. The Balaban J connectivity index is 1.80. The van der Waals surface area contributed by atoms with E-state index in [1.807, 2.05) is 13.8 Å². The van der Waals surface area contributed by atoms with Crippen LogP contribution in [0.25, 0.3) is 0 Å². The number of aliphatic carboxylic acids is 1. The molecule has 2 N–H and O–H groups in total. The third-order valence-electron chi connectivity index (χ3n) is 4.20. The molecular formula is C13H21NO4. The van der Waals surface area contributed by atoms with E-state index in [0.717, 1.165) is 19.4 Å². The number of carbonyl (C=O) groups excluding carboxylic acids is 1. The van der Waals surface area contributed by atoms with Gasteiger partial charge in [0.05, 0.1) is 18.4 Å². The van der Waals surface area contributed by atoms with Gasteiger partial charge in [-0.05, 0) is 24.2 Å². The summed E-state index contributed by atoms with van der Waals surface area (Å²) in [5, 5.41) is 11.9. The van der Waals surface area contributed by atoms with E-state index in [-0.39, 0.29) is 11.8 Å². The predicted molar refractivity (Wildman–Crippen MR) is 64.9 cm³/mol. The van der Waals surface area contributed by atoms with Gasteiger partial charge in [0.2, 0.25) is 5.91 Å². The highest BCUT2D eigenvalue weighted by Gasteiger charge is 2.65. The van der Waals surface area contributed by atoms with E-state index < -0.39 is 17.3 Å². The lowest BCUT2D eigenvalue weighted by Crippen LogP contribution is -2.35. The van der Waals surface area contributed by atoms with Crippen LogP contribution in [-0.2, 0) is 14.3 Å². The first-order valence-corrected chi connectivity index (χ1v) is 6.53. The summed E-state index contributed by atoms with van der Waals surface area (Å²) in [6.45, 7) is 5.76. The highest BCUT2D eigenvalue weighted by Crippen LogP contribution is 2.58. The second-order valence-corrected chi connectivity index (χ2v) is 5.94. The van der Waals surface area contributed by atoms with Crippen LogP contribution in [0.2, 0.25) is 0 Å². The number of hydrogen-bond acceptors (Lipinski definition) is 3. The van der Waals surface area contributed by atoms with Crippen LogP contribution in [0.15, 0.2) is 0 Å². The molecule has 1 aliphatic heterocycles. The van der Waals surface area contributed by atoms with Crippen LogP contribution in [0.1, 0.15) is 26.7 Å². The minimum atomic E-state index is -0.874. The van der Waals surface area contributed by atoms with Crippen LogP contribution < -0.4 is 5.32 Å². The van der Waals surface area contributed by atoms with Gasteiger partial charge in [0, 0.05) is 13.2 Å². The topological polar surface area (TPSA) is 75.6 Å². The second kappa shape index (κ2) is 4.88. The smallest absolute Gasteiger partial charge is 0.307 e. The summed E-state index contributed by atoms with van der Waals surface area (Å²) in [5.41, 5.74) is -0.418. The normalized spacial score (nSPS) is 33.8. The fourth-order valence-corrected chi connectivity index (χ4v) is 2.91. The third-order valence-corrected chi connectivity index (χ3v) is 4.20. The Kier molecular flexibility index (Phi) is 3.61. The molecule has 2 rings (SSSR count). The van der Waals surface area contributed by atoms with Gasteiger partial charge in [0.25, 0.3) is 0 Å². The van der Waals surface area contributed by atoms with E-state index in [1.165, 1.54) is 0 Å². The quantitative estimate of drug-likeness (QED) is 0.782. The van der Waals surface area contributed by atoms with Gasteiger partial charge in [-0.3, -0.25) is 9.59 Å². The molecule has 2 aliphatic rings. The van der Waals surface area contributed by atoms with Crippen molar-refractivity contribution < 1.29 is 19.4 Å². The molecule has 0 aromatic heterocycles. The van der Waals surface area contributed by atoms with Gasteiger partial charge < -0.3 is 15.2 Å². The Bertz CT molecular complexity index is 347. The summed E-state index contributed by atoms with van der Waals surface area (Å²) in [5.74, 6) is -1.56. The van der Waals surface area contributed by atoms with Gasteiger partial charge in [-0.1, -0.05) is 13.8 Å². The summed E-state index contributed by atoms with van der Waals surface area (Å²) in [6.07, 6.45) is 2.10. The zero-order valence-corrected chi connectivity index (χ0v) is 10.9. The molecule has 0 radical (unpaired) electrons. The highest BCUT2D eigenvalue weighted by molar-refractivity contribution is 5.91. The molecule has 18 heavy (non-hydrogen) atoms. The standard InChI is InChI=1S/C13H21NO4/c1-13(2)9(10(13)12(16)17)11(15)14-6-8-4-3-5-18-7-8/h8-10H,3-7H2,1-2H3,(H,14,15)(H,16,17)/t8?,9-,10+/m1/s1. The maximum absolute atomic E-state index is 12.0. The molecule has 1 saturated heterocycles. The summed E-state index contributed by atoms with van der Waals surface area (Å²) >= 11 is 0. The van der Waals surface area contributed by atoms with Crippen molar-refractivity contribution in [3.8, 4) is 0 Å². The van der Waals surface area contributed by atoms with Crippen molar-refractivity contribution in [3.05, 3.63) is 0 Å². The van der Waals surface area contributed by atoms with Gasteiger partial charge in [-0.2, -0.15) is 0 Å². The highest BCUT2D eigenvalue weighted by atomic mass is 16.5. The van der Waals surface area contributed by atoms with Gasteiger partial charge in [-0.15, -0.1) is 0 Å². The van der Waals surface area contributed by atoms with E-state index in [1.54, 1.807) is 0 Å². The first kappa shape index (κ1) is 13.3. The van der Waals surface area contributed by atoms with E-state index >= 15 is 0 Å². The molecule has 1 aliphatic carbocycles. The molecule has 1 amide bonds. The third kappa shape index (κ3) is 2.51. The molecule has 5 nitrogen and oxygen atoms in total. The number of amides is 1. The van der Waals surface area contributed by atoms with Gasteiger partial charge in [-0.25, -0.2) is 0 Å². The lowest BCUT2D eigenvalue weighted by atomic mass is 10.0. The van der Waals surface area contributed by atoms with E-state index in [9.17, 15) is 9.59 Å². The van der Waals surface area contributed by atoms with Crippen molar-refractivity contribution >= 4 is 11.9 Å². The molecule has 1 unspecified atom stereocenters. The van der Waals surface area contributed by atoms with Gasteiger partial charge in [0.15, 0.2) is 0 Å². The summed E-state index contributed by atoms with van der Waals surface area (Å²) in [6, 6.07) is 0. The lowest BCUT2D eigenvalue weighted by molar-refractivity contribution is -0.140. The molecule has 3 atom stereocenters.